The third-order valence-corrected chi connectivity index (χ3v) is 5.73. The molecule has 1 aromatic heterocycles. The number of para-hydroxylation sites is 1. The predicted molar refractivity (Wildman–Crippen MR) is 113 cm³/mol. The first kappa shape index (κ1) is 17.4. The normalized spacial score (nSPS) is 15.2. The molecule has 1 fully saturated rings. The van der Waals surface area contributed by atoms with Crippen LogP contribution in [0.3, 0.4) is 0 Å². The standard InChI is InChI=1S/C24H18N2O3/c27-23(19-10-5-7-17-6-1-2-8-18(17)19)12-13-24(14-15-24)25-16-22(26(28)29)20-9-3-4-11-21(20)25/h1-13,16H,14-15H2/b13-12+. The second kappa shape index (κ2) is 6.41. The van der Waals surface area contributed by atoms with Crippen LogP contribution in [0.15, 0.2) is 85.1 Å². The number of fused-ring (bicyclic) bond motifs is 2. The predicted octanol–water partition coefficient (Wildman–Crippen LogP) is 5.63. The molecule has 0 N–H and O–H groups in total. The Labute approximate surface area is 167 Å². The lowest BCUT2D eigenvalue weighted by Crippen LogP contribution is -2.13. The third kappa shape index (κ3) is 2.83. The van der Waals surface area contributed by atoms with Gasteiger partial charge in [0.2, 0.25) is 0 Å². The summed E-state index contributed by atoms with van der Waals surface area (Å²) >= 11 is 0. The van der Waals surface area contributed by atoms with Crippen LogP contribution in [0.5, 0.6) is 0 Å². The van der Waals surface area contributed by atoms with Crippen LogP contribution in [-0.2, 0) is 5.54 Å². The summed E-state index contributed by atoms with van der Waals surface area (Å²) in [6.07, 6.45) is 6.83. The zero-order chi connectivity index (χ0) is 20.0. The number of allylic oxidation sites excluding steroid dienone is 2. The molecule has 3 aromatic carbocycles. The van der Waals surface area contributed by atoms with Gasteiger partial charge in [-0.15, -0.1) is 0 Å². The van der Waals surface area contributed by atoms with Crippen molar-refractivity contribution in [3.05, 3.63) is 101 Å². The average molecular weight is 382 g/mol. The molecule has 4 aromatic rings. The molecule has 0 unspecified atom stereocenters. The Morgan fingerprint density at radius 1 is 0.966 bits per heavy atom. The minimum absolute atomic E-state index is 0.0564. The van der Waals surface area contributed by atoms with Gasteiger partial charge in [0, 0.05) is 5.56 Å². The molecule has 0 amide bonds. The lowest BCUT2D eigenvalue weighted by molar-refractivity contribution is -0.383. The minimum atomic E-state index is -0.381. The Morgan fingerprint density at radius 2 is 1.66 bits per heavy atom. The van der Waals surface area contributed by atoms with Crippen LogP contribution < -0.4 is 0 Å². The molecule has 0 spiro atoms. The average Bonchev–Trinajstić information content (AvgIpc) is 3.43. The molecule has 1 aliphatic carbocycles. The Hall–Kier alpha value is -3.73. The smallest absolute Gasteiger partial charge is 0.294 e. The molecule has 0 atom stereocenters. The number of carbonyl (C=O) groups excluding carboxylic acids is 1. The summed E-state index contributed by atoms with van der Waals surface area (Å²) < 4.78 is 1.95. The molecule has 142 valence electrons. The van der Waals surface area contributed by atoms with Crippen LogP contribution in [0.4, 0.5) is 5.69 Å². The van der Waals surface area contributed by atoms with E-state index in [1.165, 1.54) is 0 Å². The molecule has 0 radical (unpaired) electrons. The number of nitrogens with zero attached hydrogens (tertiary/aromatic N) is 2. The highest BCUT2D eigenvalue weighted by molar-refractivity contribution is 6.13. The van der Waals surface area contributed by atoms with E-state index in [-0.39, 0.29) is 21.9 Å². The van der Waals surface area contributed by atoms with Gasteiger partial charge in [-0.05, 0) is 41.8 Å². The van der Waals surface area contributed by atoms with Gasteiger partial charge in [0.1, 0.15) is 0 Å². The van der Waals surface area contributed by atoms with Crippen LogP contribution in [0, 0.1) is 10.1 Å². The van der Waals surface area contributed by atoms with Crippen molar-refractivity contribution in [2.45, 2.75) is 18.4 Å². The Kier molecular flexibility index (Phi) is 3.84. The van der Waals surface area contributed by atoms with Crippen LogP contribution in [0.25, 0.3) is 21.7 Å². The van der Waals surface area contributed by atoms with Gasteiger partial charge < -0.3 is 4.57 Å². The lowest BCUT2D eigenvalue weighted by Gasteiger charge is -2.14. The molecule has 5 heteroatoms. The van der Waals surface area contributed by atoms with Gasteiger partial charge in [-0.1, -0.05) is 60.7 Å². The molecular formula is C24H18N2O3. The van der Waals surface area contributed by atoms with Crippen LogP contribution in [-0.4, -0.2) is 15.3 Å². The maximum absolute atomic E-state index is 12.9. The summed E-state index contributed by atoms with van der Waals surface area (Å²) in [4.78, 5) is 24.1. The van der Waals surface area contributed by atoms with E-state index in [0.29, 0.717) is 10.9 Å². The SMILES string of the molecule is O=C(/C=C/C1(n2cc([N+](=O)[O-])c3ccccc32)CC1)c1cccc2ccccc12. The highest BCUT2D eigenvalue weighted by Crippen LogP contribution is 2.48. The quantitative estimate of drug-likeness (QED) is 0.194. The van der Waals surface area contributed by atoms with Gasteiger partial charge in [-0.2, -0.15) is 0 Å². The molecule has 1 aliphatic rings. The number of hydrogen-bond acceptors (Lipinski definition) is 3. The summed E-state index contributed by atoms with van der Waals surface area (Å²) in [6, 6.07) is 20.9. The van der Waals surface area contributed by atoms with E-state index in [9.17, 15) is 14.9 Å². The fraction of sp³-hybridized carbons (Fsp3) is 0.125. The minimum Gasteiger partial charge on any atom is -0.331 e. The van der Waals surface area contributed by atoms with E-state index in [0.717, 1.165) is 29.1 Å². The number of carbonyl (C=O) groups is 1. The molecule has 0 saturated heterocycles. The fourth-order valence-electron chi connectivity index (χ4n) is 4.05. The molecule has 29 heavy (non-hydrogen) atoms. The number of nitro groups is 1. The molecule has 0 bridgehead atoms. The number of hydrogen-bond donors (Lipinski definition) is 0. The maximum Gasteiger partial charge on any atom is 0.294 e. The van der Waals surface area contributed by atoms with Gasteiger partial charge in [0.25, 0.3) is 5.69 Å². The number of ketones is 1. The second-order valence-corrected chi connectivity index (χ2v) is 7.49. The van der Waals surface area contributed by atoms with Crippen molar-refractivity contribution < 1.29 is 9.72 Å². The summed E-state index contributed by atoms with van der Waals surface area (Å²) in [7, 11) is 0. The van der Waals surface area contributed by atoms with Crippen molar-refractivity contribution in [2.75, 3.05) is 0 Å². The zero-order valence-electron chi connectivity index (χ0n) is 15.6. The van der Waals surface area contributed by atoms with Crippen LogP contribution >= 0.6 is 0 Å². The summed E-state index contributed by atoms with van der Waals surface area (Å²) in [5.74, 6) is -0.0564. The Balaban J connectivity index is 1.54. The molecular weight excluding hydrogens is 364 g/mol. The van der Waals surface area contributed by atoms with Crippen molar-refractivity contribution in [1.29, 1.82) is 0 Å². The molecule has 1 heterocycles. The van der Waals surface area contributed by atoms with Gasteiger partial charge in [0.15, 0.2) is 5.78 Å². The molecule has 1 saturated carbocycles. The van der Waals surface area contributed by atoms with E-state index >= 15 is 0 Å². The summed E-state index contributed by atoms with van der Waals surface area (Å²) in [6.45, 7) is 0. The van der Waals surface area contributed by atoms with Crippen LogP contribution in [0.2, 0.25) is 0 Å². The van der Waals surface area contributed by atoms with Gasteiger partial charge in [-0.25, -0.2) is 0 Å². The first-order valence-electron chi connectivity index (χ1n) is 9.55. The Morgan fingerprint density at radius 3 is 2.41 bits per heavy atom. The largest absolute Gasteiger partial charge is 0.331 e. The van der Waals surface area contributed by atoms with E-state index in [1.807, 2.05) is 65.2 Å². The number of benzene rings is 3. The first-order valence-corrected chi connectivity index (χ1v) is 9.55. The summed E-state index contributed by atoms with van der Waals surface area (Å²) in [5.41, 5.74) is 1.20. The zero-order valence-corrected chi connectivity index (χ0v) is 15.6. The van der Waals surface area contributed by atoms with Crippen molar-refractivity contribution in [2.24, 2.45) is 0 Å². The topological polar surface area (TPSA) is 65.1 Å². The summed E-state index contributed by atoms with van der Waals surface area (Å²) in [5, 5.41) is 14.0. The van der Waals surface area contributed by atoms with E-state index in [2.05, 4.69) is 0 Å². The van der Waals surface area contributed by atoms with Crippen molar-refractivity contribution in [3.63, 3.8) is 0 Å². The maximum atomic E-state index is 12.9. The molecule has 5 rings (SSSR count). The Bertz CT molecular complexity index is 1310. The number of aromatic nitrogens is 1. The molecule has 5 nitrogen and oxygen atoms in total. The fourth-order valence-corrected chi connectivity index (χ4v) is 4.05. The first-order chi connectivity index (χ1) is 14.1. The van der Waals surface area contributed by atoms with Crippen molar-refractivity contribution >= 4 is 33.1 Å². The number of rotatable bonds is 5. The van der Waals surface area contributed by atoms with Gasteiger partial charge in [-0.3, -0.25) is 14.9 Å². The highest BCUT2D eigenvalue weighted by Gasteiger charge is 2.44. The third-order valence-electron chi connectivity index (χ3n) is 5.73. The van der Waals surface area contributed by atoms with Crippen molar-refractivity contribution in [3.8, 4) is 0 Å². The van der Waals surface area contributed by atoms with Gasteiger partial charge in [0.05, 0.1) is 27.6 Å². The van der Waals surface area contributed by atoms with Crippen LogP contribution in [0.1, 0.15) is 23.2 Å². The highest BCUT2D eigenvalue weighted by atomic mass is 16.6. The van der Waals surface area contributed by atoms with E-state index < -0.39 is 0 Å². The van der Waals surface area contributed by atoms with E-state index in [4.69, 9.17) is 0 Å². The molecule has 0 aliphatic heterocycles. The van der Waals surface area contributed by atoms with Gasteiger partial charge >= 0.3 is 0 Å². The lowest BCUT2D eigenvalue weighted by atomic mass is 10.0. The van der Waals surface area contributed by atoms with E-state index in [1.54, 1.807) is 24.4 Å². The monoisotopic (exact) mass is 382 g/mol. The van der Waals surface area contributed by atoms with Crippen molar-refractivity contribution in [1.82, 2.24) is 4.57 Å². The second-order valence-electron chi connectivity index (χ2n) is 7.49.